The minimum atomic E-state index is -0.179. The maximum Gasteiger partial charge on any atom is 0.245 e. The first-order valence-electron chi connectivity index (χ1n) is 10.8. The van der Waals surface area contributed by atoms with Crippen LogP contribution in [-0.4, -0.2) is 42.0 Å². The summed E-state index contributed by atoms with van der Waals surface area (Å²) in [5.74, 6) is 0.583. The monoisotopic (exact) mass is 377 g/mol. The van der Waals surface area contributed by atoms with Gasteiger partial charge in [0.15, 0.2) is 0 Å². The minimum absolute atomic E-state index is 0.177. The van der Waals surface area contributed by atoms with Gasteiger partial charge in [0.2, 0.25) is 5.91 Å². The highest BCUT2D eigenvalue weighted by atomic mass is 16.2. The highest BCUT2D eigenvalue weighted by molar-refractivity contribution is 5.82. The predicted molar refractivity (Wildman–Crippen MR) is 117 cm³/mol. The summed E-state index contributed by atoms with van der Waals surface area (Å²) >= 11 is 0. The molecular formula is C23H43N3O. The molecule has 2 N–H and O–H groups in total. The number of hydrogen-bond acceptors (Lipinski definition) is 3. The van der Waals surface area contributed by atoms with Gasteiger partial charge in [-0.25, -0.2) is 0 Å². The number of rotatable bonds is 11. The lowest BCUT2D eigenvalue weighted by Crippen LogP contribution is -2.57. The number of nitrogens with one attached hydrogen (secondary N) is 2. The van der Waals surface area contributed by atoms with E-state index in [0.29, 0.717) is 18.5 Å². The van der Waals surface area contributed by atoms with Crippen LogP contribution in [0.4, 0.5) is 0 Å². The number of amides is 1. The molecule has 1 unspecified atom stereocenters. The molecule has 1 aliphatic carbocycles. The van der Waals surface area contributed by atoms with Gasteiger partial charge in [-0.1, -0.05) is 44.9 Å². The van der Waals surface area contributed by atoms with Crippen molar-refractivity contribution >= 4 is 5.91 Å². The third-order valence-corrected chi connectivity index (χ3v) is 5.97. The van der Waals surface area contributed by atoms with Gasteiger partial charge in [-0.2, -0.15) is 0 Å². The average Bonchev–Trinajstić information content (AvgIpc) is 3.15. The maximum absolute atomic E-state index is 13.3. The first kappa shape index (κ1) is 23.7. The lowest BCUT2D eigenvalue weighted by atomic mass is 9.86. The van der Waals surface area contributed by atoms with E-state index in [2.05, 4.69) is 64.8 Å². The zero-order valence-electron chi connectivity index (χ0n) is 18.8. The molecule has 0 aromatic carbocycles. The molecule has 0 aliphatic heterocycles. The zero-order valence-corrected chi connectivity index (χ0v) is 18.8. The summed E-state index contributed by atoms with van der Waals surface area (Å²) in [6.07, 6.45) is 8.70. The number of allylic oxidation sites excluding steroid dienone is 1. The molecule has 1 rings (SSSR count). The Labute approximate surface area is 167 Å². The highest BCUT2D eigenvalue weighted by Crippen LogP contribution is 2.31. The first-order valence-corrected chi connectivity index (χ1v) is 10.8. The van der Waals surface area contributed by atoms with Crippen LogP contribution >= 0.6 is 0 Å². The lowest BCUT2D eigenvalue weighted by molar-refractivity contribution is -0.132. The molecule has 0 saturated heterocycles. The van der Waals surface area contributed by atoms with Gasteiger partial charge in [0, 0.05) is 25.3 Å². The van der Waals surface area contributed by atoms with E-state index < -0.39 is 0 Å². The number of carbonyl (C=O) groups excluding carboxylic acids is 1. The molecule has 4 nitrogen and oxygen atoms in total. The van der Waals surface area contributed by atoms with E-state index in [-0.39, 0.29) is 17.5 Å². The summed E-state index contributed by atoms with van der Waals surface area (Å²) in [6, 6.07) is 0.187. The Hall–Kier alpha value is -1.29. The predicted octanol–water partition coefficient (Wildman–Crippen LogP) is 4.63. The third kappa shape index (κ3) is 6.67. The van der Waals surface area contributed by atoms with Gasteiger partial charge >= 0.3 is 0 Å². The van der Waals surface area contributed by atoms with E-state index in [1.165, 1.54) is 18.4 Å². The second-order valence-corrected chi connectivity index (χ2v) is 8.73. The van der Waals surface area contributed by atoms with Crippen molar-refractivity contribution in [3.63, 3.8) is 0 Å². The molecule has 4 heteroatoms. The van der Waals surface area contributed by atoms with Crippen LogP contribution < -0.4 is 10.6 Å². The Bertz CT molecular complexity index is 510. The lowest BCUT2D eigenvalue weighted by Gasteiger charge is -2.40. The Morgan fingerprint density at radius 1 is 1.22 bits per heavy atom. The second kappa shape index (κ2) is 10.9. The summed E-state index contributed by atoms with van der Waals surface area (Å²) in [4.78, 5) is 15.1. The van der Waals surface area contributed by atoms with Crippen LogP contribution in [0.2, 0.25) is 0 Å². The van der Waals surface area contributed by atoms with Crippen molar-refractivity contribution in [2.45, 2.75) is 97.7 Å². The Morgan fingerprint density at radius 2 is 1.78 bits per heavy atom. The zero-order chi connectivity index (χ0) is 20.6. The van der Waals surface area contributed by atoms with Crippen molar-refractivity contribution < 1.29 is 4.79 Å². The number of likely N-dealkylation sites (N-methyl/N-ethyl adjacent to an activating group) is 1. The molecule has 0 bridgehead atoms. The summed E-state index contributed by atoms with van der Waals surface area (Å²) < 4.78 is 0. The number of nitrogens with zero attached hydrogens (tertiary/aromatic N) is 1. The summed E-state index contributed by atoms with van der Waals surface area (Å²) in [5.41, 5.74) is 2.02. The molecule has 1 aliphatic rings. The molecule has 0 radical (unpaired) electrons. The fourth-order valence-corrected chi connectivity index (χ4v) is 4.17. The Balaban J connectivity index is 3.01. The Morgan fingerprint density at radius 3 is 2.22 bits per heavy atom. The van der Waals surface area contributed by atoms with Gasteiger partial charge in [-0.15, -0.1) is 0 Å². The van der Waals surface area contributed by atoms with Crippen molar-refractivity contribution in [3.8, 4) is 0 Å². The fraction of sp³-hybridized carbons (Fsp3) is 0.783. The van der Waals surface area contributed by atoms with Gasteiger partial charge in [-0.05, 0) is 59.3 Å². The second-order valence-electron chi connectivity index (χ2n) is 8.73. The average molecular weight is 378 g/mol. The first-order chi connectivity index (χ1) is 12.7. The number of carbonyl (C=O) groups is 1. The fourth-order valence-electron chi connectivity index (χ4n) is 4.17. The van der Waals surface area contributed by atoms with Crippen LogP contribution in [0.1, 0.15) is 80.1 Å². The quantitative estimate of drug-likeness (QED) is 0.516. The molecule has 0 aromatic rings. The van der Waals surface area contributed by atoms with Crippen molar-refractivity contribution in [2.24, 2.45) is 5.92 Å². The molecule has 0 spiro atoms. The van der Waals surface area contributed by atoms with Gasteiger partial charge in [0.05, 0.1) is 5.54 Å². The summed E-state index contributed by atoms with van der Waals surface area (Å²) in [6.45, 7) is 17.9. The molecule has 1 fully saturated rings. The minimum Gasteiger partial charge on any atom is -0.376 e. The summed E-state index contributed by atoms with van der Waals surface area (Å²) in [7, 11) is 1.91. The van der Waals surface area contributed by atoms with E-state index >= 15 is 0 Å². The normalized spacial score (nSPS) is 16.3. The largest absolute Gasteiger partial charge is 0.376 e. The molecular weight excluding hydrogens is 334 g/mol. The maximum atomic E-state index is 13.3. The van der Waals surface area contributed by atoms with Crippen LogP contribution in [0.5, 0.6) is 0 Å². The molecule has 156 valence electrons. The SMILES string of the molecule is C=C(NC(C(=O)N(C)CC=C(C)C)C1CCCC1)C(CC)(CC)NC(C)C. The van der Waals surface area contributed by atoms with E-state index in [4.69, 9.17) is 0 Å². The van der Waals surface area contributed by atoms with Crippen LogP contribution in [-0.2, 0) is 4.79 Å². The van der Waals surface area contributed by atoms with Crippen molar-refractivity contribution in [2.75, 3.05) is 13.6 Å². The van der Waals surface area contributed by atoms with Crippen molar-refractivity contribution in [3.05, 3.63) is 23.9 Å². The molecule has 1 atom stereocenters. The van der Waals surface area contributed by atoms with Gasteiger partial charge in [0.1, 0.15) is 6.04 Å². The van der Waals surface area contributed by atoms with Crippen LogP contribution in [0.15, 0.2) is 23.9 Å². The van der Waals surface area contributed by atoms with E-state index in [9.17, 15) is 4.79 Å². The topological polar surface area (TPSA) is 44.4 Å². The number of hydrogen-bond donors (Lipinski definition) is 2. The Kier molecular flexibility index (Phi) is 9.58. The smallest absolute Gasteiger partial charge is 0.245 e. The third-order valence-electron chi connectivity index (χ3n) is 5.97. The van der Waals surface area contributed by atoms with Crippen LogP contribution in [0.25, 0.3) is 0 Å². The van der Waals surface area contributed by atoms with Gasteiger partial charge < -0.3 is 15.5 Å². The van der Waals surface area contributed by atoms with E-state index in [1.807, 2.05) is 11.9 Å². The molecule has 1 amide bonds. The van der Waals surface area contributed by atoms with Crippen LogP contribution in [0, 0.1) is 5.92 Å². The van der Waals surface area contributed by atoms with E-state index in [0.717, 1.165) is 31.4 Å². The van der Waals surface area contributed by atoms with Crippen molar-refractivity contribution in [1.82, 2.24) is 15.5 Å². The van der Waals surface area contributed by atoms with Crippen molar-refractivity contribution in [1.29, 1.82) is 0 Å². The molecule has 1 saturated carbocycles. The van der Waals surface area contributed by atoms with Crippen LogP contribution in [0.3, 0.4) is 0 Å². The van der Waals surface area contributed by atoms with Gasteiger partial charge in [-0.3, -0.25) is 4.79 Å². The van der Waals surface area contributed by atoms with Gasteiger partial charge in [0.25, 0.3) is 0 Å². The molecule has 0 heterocycles. The highest BCUT2D eigenvalue weighted by Gasteiger charge is 2.37. The summed E-state index contributed by atoms with van der Waals surface area (Å²) in [5, 5.41) is 7.31. The molecule has 27 heavy (non-hydrogen) atoms. The molecule has 0 aromatic heterocycles. The van der Waals surface area contributed by atoms with E-state index in [1.54, 1.807) is 0 Å². The standard InChI is InChI=1S/C23H43N3O/c1-9-23(10-2,25-18(5)6)19(7)24-21(20-13-11-12-14-20)22(27)26(8)16-15-17(3)4/h15,18,20-21,24-25H,7,9-14,16H2,1-6,8H3.